The second-order valence-corrected chi connectivity index (χ2v) is 10.2. The third kappa shape index (κ3) is 4.83. The third-order valence-corrected chi connectivity index (χ3v) is 7.33. The summed E-state index contributed by atoms with van der Waals surface area (Å²) in [6, 6.07) is 3.47. The molecule has 0 aliphatic carbocycles. The van der Waals surface area contributed by atoms with Crippen molar-refractivity contribution in [3.63, 3.8) is 0 Å². The van der Waals surface area contributed by atoms with Crippen molar-refractivity contribution in [2.75, 3.05) is 25.6 Å². The van der Waals surface area contributed by atoms with E-state index in [0.717, 1.165) is 30.4 Å². The molecular weight excluding hydrogens is 496 g/mol. The van der Waals surface area contributed by atoms with Crippen LogP contribution in [0.5, 0.6) is 5.75 Å². The van der Waals surface area contributed by atoms with E-state index in [1.807, 2.05) is 6.92 Å². The number of fused-ring (bicyclic) bond motifs is 1. The summed E-state index contributed by atoms with van der Waals surface area (Å²) in [6.45, 7) is 3.34. The van der Waals surface area contributed by atoms with E-state index in [-0.39, 0.29) is 11.1 Å². The number of aromatic nitrogens is 5. The quantitative estimate of drug-likeness (QED) is 0.367. The minimum Gasteiger partial charge on any atom is -0.494 e. The molecule has 4 aromatic rings. The summed E-state index contributed by atoms with van der Waals surface area (Å²) in [5, 5.41) is 4.74. The van der Waals surface area contributed by atoms with Crippen LogP contribution in [0.3, 0.4) is 0 Å². The van der Waals surface area contributed by atoms with E-state index >= 15 is 0 Å². The number of anilines is 1. The number of hydrogen-bond donors (Lipinski definition) is 1. The molecule has 9 nitrogen and oxygen atoms in total. The standard InChI is InChI=1S/C22H19ClN6O3S2/c1-11-5-13(14-6-17(23)25-8-16(14)31-2)15(7-24-11)20(30)29-22-28-19-21(34-22)27-18(9-26-19)33-12-3-4-32-10-12/h5-9,12H,3-4,10H2,1-2H3,(H,26,28,29,30). The number of carbonyl (C=O) groups is 1. The Kier molecular flexibility index (Phi) is 6.59. The van der Waals surface area contributed by atoms with E-state index in [9.17, 15) is 4.79 Å². The van der Waals surface area contributed by atoms with Gasteiger partial charge in [0.2, 0.25) is 0 Å². The molecule has 0 bridgehead atoms. The average molecular weight is 515 g/mol. The van der Waals surface area contributed by atoms with Crippen molar-refractivity contribution in [2.24, 2.45) is 0 Å². The minimum absolute atomic E-state index is 0.290. The van der Waals surface area contributed by atoms with Crippen molar-refractivity contribution >= 4 is 56.2 Å². The van der Waals surface area contributed by atoms with Gasteiger partial charge in [-0.25, -0.2) is 15.0 Å². The molecule has 1 unspecified atom stereocenters. The summed E-state index contributed by atoms with van der Waals surface area (Å²) in [6.07, 6.45) is 5.75. The van der Waals surface area contributed by atoms with Crippen molar-refractivity contribution in [3.05, 3.63) is 47.1 Å². The number of nitrogens with zero attached hydrogens (tertiary/aromatic N) is 5. The lowest BCUT2D eigenvalue weighted by molar-refractivity contribution is 0.102. The zero-order valence-corrected chi connectivity index (χ0v) is 20.6. The normalized spacial score (nSPS) is 15.6. The SMILES string of the molecule is COc1cnc(Cl)cc1-c1cc(C)ncc1C(=O)Nc1nc2ncc(SC3CCOC3)nc2s1. The summed E-state index contributed by atoms with van der Waals surface area (Å²) in [7, 11) is 1.54. The maximum Gasteiger partial charge on any atom is 0.259 e. The van der Waals surface area contributed by atoms with Crippen LogP contribution < -0.4 is 10.1 Å². The molecule has 0 saturated carbocycles. The molecule has 1 atom stereocenters. The first kappa shape index (κ1) is 22.9. The molecule has 4 aromatic heterocycles. The molecule has 174 valence electrons. The Bertz CT molecular complexity index is 1380. The molecule has 5 rings (SSSR count). The molecule has 1 aliphatic heterocycles. The van der Waals surface area contributed by atoms with E-state index in [4.69, 9.17) is 21.1 Å². The second-order valence-electron chi connectivity index (χ2n) is 7.49. The van der Waals surface area contributed by atoms with Crippen molar-refractivity contribution in [3.8, 4) is 16.9 Å². The van der Waals surface area contributed by atoms with Crippen LogP contribution in [0.15, 0.2) is 35.7 Å². The number of pyridine rings is 2. The lowest BCUT2D eigenvalue weighted by Gasteiger charge is -2.13. The maximum atomic E-state index is 13.2. The smallest absolute Gasteiger partial charge is 0.259 e. The summed E-state index contributed by atoms with van der Waals surface area (Å²) in [5.41, 5.74) is 2.85. The molecule has 0 aromatic carbocycles. The Hall–Kier alpha value is -2.86. The van der Waals surface area contributed by atoms with Gasteiger partial charge in [0.15, 0.2) is 15.6 Å². The van der Waals surface area contributed by atoms with Crippen LogP contribution in [0.1, 0.15) is 22.5 Å². The summed E-state index contributed by atoms with van der Waals surface area (Å²) in [4.78, 5) is 35.7. The zero-order valence-electron chi connectivity index (χ0n) is 18.2. The Morgan fingerprint density at radius 3 is 2.88 bits per heavy atom. The van der Waals surface area contributed by atoms with Crippen molar-refractivity contribution < 1.29 is 14.3 Å². The zero-order chi connectivity index (χ0) is 23.7. The van der Waals surface area contributed by atoms with E-state index < -0.39 is 0 Å². The van der Waals surface area contributed by atoms with E-state index in [1.165, 1.54) is 30.8 Å². The van der Waals surface area contributed by atoms with Gasteiger partial charge in [-0.3, -0.25) is 15.1 Å². The molecule has 1 saturated heterocycles. The lowest BCUT2D eigenvalue weighted by atomic mass is 10.0. The number of amides is 1. The van der Waals surface area contributed by atoms with Gasteiger partial charge in [0, 0.05) is 34.9 Å². The molecule has 12 heteroatoms. The molecule has 1 aliphatic rings. The Balaban J connectivity index is 1.43. The number of halogens is 1. The second kappa shape index (κ2) is 9.79. The number of thiazole rings is 1. The predicted octanol–water partition coefficient (Wildman–Crippen LogP) is 4.65. The summed E-state index contributed by atoms with van der Waals surface area (Å²) in [5.74, 6) is 0.129. The highest BCUT2D eigenvalue weighted by molar-refractivity contribution is 7.99. The summed E-state index contributed by atoms with van der Waals surface area (Å²) < 4.78 is 10.9. The van der Waals surface area contributed by atoms with Crippen LogP contribution in [0.4, 0.5) is 5.13 Å². The number of ether oxygens (including phenoxy) is 2. The Morgan fingerprint density at radius 2 is 2.09 bits per heavy atom. The van der Waals surface area contributed by atoms with Gasteiger partial charge >= 0.3 is 0 Å². The monoisotopic (exact) mass is 514 g/mol. The van der Waals surface area contributed by atoms with E-state index in [0.29, 0.717) is 43.3 Å². The third-order valence-electron chi connectivity index (χ3n) is 5.13. The number of thioether (sulfide) groups is 1. The van der Waals surface area contributed by atoms with Crippen molar-refractivity contribution in [2.45, 2.75) is 23.6 Å². The van der Waals surface area contributed by atoms with Crippen LogP contribution in [0.25, 0.3) is 21.6 Å². The van der Waals surface area contributed by atoms with E-state index in [2.05, 4.69) is 30.2 Å². The molecule has 1 amide bonds. The van der Waals surface area contributed by atoms with Gasteiger partial charge in [-0.2, -0.15) is 4.98 Å². The fraction of sp³-hybridized carbons (Fsp3) is 0.273. The van der Waals surface area contributed by atoms with Crippen LogP contribution >= 0.6 is 34.7 Å². The highest BCUT2D eigenvalue weighted by Gasteiger charge is 2.21. The van der Waals surface area contributed by atoms with Gasteiger partial charge in [0.05, 0.1) is 31.7 Å². The van der Waals surface area contributed by atoms with Crippen LogP contribution in [-0.2, 0) is 4.74 Å². The number of aryl methyl sites for hydroxylation is 1. The van der Waals surface area contributed by atoms with Gasteiger partial charge in [0.25, 0.3) is 5.91 Å². The molecule has 1 fully saturated rings. The van der Waals surface area contributed by atoms with Crippen molar-refractivity contribution in [1.82, 2.24) is 24.9 Å². The van der Waals surface area contributed by atoms with Gasteiger partial charge in [-0.05, 0) is 25.5 Å². The molecular formula is C22H19ClN6O3S2. The van der Waals surface area contributed by atoms with Gasteiger partial charge < -0.3 is 9.47 Å². The van der Waals surface area contributed by atoms with Crippen LogP contribution in [0.2, 0.25) is 5.15 Å². The Labute approximate surface area is 208 Å². The van der Waals surface area contributed by atoms with Gasteiger partial charge in [-0.15, -0.1) is 0 Å². The topological polar surface area (TPSA) is 112 Å². The van der Waals surface area contributed by atoms with Crippen molar-refractivity contribution in [1.29, 1.82) is 0 Å². The van der Waals surface area contributed by atoms with Gasteiger partial charge in [-0.1, -0.05) is 34.7 Å². The first-order chi connectivity index (χ1) is 16.5. The lowest BCUT2D eigenvalue weighted by Crippen LogP contribution is -2.14. The minimum atomic E-state index is -0.366. The number of methoxy groups -OCH3 is 1. The number of nitrogens with one attached hydrogen (secondary N) is 1. The van der Waals surface area contributed by atoms with Gasteiger partial charge in [0.1, 0.15) is 15.9 Å². The predicted molar refractivity (Wildman–Crippen MR) is 132 cm³/mol. The molecule has 0 radical (unpaired) electrons. The first-order valence-electron chi connectivity index (χ1n) is 10.4. The molecule has 34 heavy (non-hydrogen) atoms. The first-order valence-corrected chi connectivity index (χ1v) is 12.4. The van der Waals surface area contributed by atoms with E-state index in [1.54, 1.807) is 30.1 Å². The molecule has 5 heterocycles. The maximum absolute atomic E-state index is 13.2. The average Bonchev–Trinajstić information content (AvgIpc) is 3.48. The molecule has 1 N–H and O–H groups in total. The van der Waals surface area contributed by atoms with Crippen LogP contribution in [-0.4, -0.2) is 56.4 Å². The number of hydrogen-bond acceptors (Lipinski definition) is 10. The fourth-order valence-electron chi connectivity index (χ4n) is 3.51. The number of carbonyl (C=O) groups excluding carboxylic acids is 1. The van der Waals surface area contributed by atoms with Crippen LogP contribution in [0, 0.1) is 6.92 Å². The fourth-order valence-corrected chi connectivity index (χ4v) is 5.50. The largest absolute Gasteiger partial charge is 0.494 e. The highest BCUT2D eigenvalue weighted by Crippen LogP contribution is 2.35. The highest BCUT2D eigenvalue weighted by atomic mass is 35.5. The number of rotatable bonds is 6. The molecule has 0 spiro atoms. The Morgan fingerprint density at radius 1 is 1.21 bits per heavy atom. The summed E-state index contributed by atoms with van der Waals surface area (Å²) >= 11 is 9.04.